The first-order valence-electron chi connectivity index (χ1n) is 5.24. The fourth-order valence-corrected chi connectivity index (χ4v) is 1.61. The molecule has 17 heavy (non-hydrogen) atoms. The summed E-state index contributed by atoms with van der Waals surface area (Å²) in [5.41, 5.74) is 2.30. The van der Waals surface area contributed by atoms with Crippen LogP contribution in [0.4, 0.5) is 11.4 Å². The van der Waals surface area contributed by atoms with Crippen LogP contribution in [0.3, 0.4) is 0 Å². The molecule has 0 bridgehead atoms. The number of anilines is 2. The molecule has 5 nitrogen and oxygen atoms in total. The van der Waals surface area contributed by atoms with Crippen LogP contribution in [0.2, 0.25) is 0 Å². The normalized spacial score (nSPS) is 14.7. The summed E-state index contributed by atoms with van der Waals surface area (Å²) in [6, 6.07) is 5.32. The number of carboxylic acid groups (broad SMARTS) is 1. The highest BCUT2D eigenvalue weighted by atomic mass is 16.4. The number of hydrogen-bond donors (Lipinski definition) is 3. The van der Waals surface area contributed by atoms with Gasteiger partial charge in [-0.25, -0.2) is 4.79 Å². The predicted octanol–water partition coefficient (Wildman–Crippen LogP) is 1.54. The molecule has 1 aliphatic heterocycles. The second kappa shape index (κ2) is 4.69. The molecular formula is C12H12N2O3. The minimum atomic E-state index is -0.985. The van der Waals surface area contributed by atoms with E-state index in [1.54, 1.807) is 18.2 Å². The Morgan fingerprint density at radius 1 is 1.35 bits per heavy atom. The molecule has 0 spiro atoms. The molecule has 2 rings (SSSR count). The highest BCUT2D eigenvalue weighted by molar-refractivity contribution is 5.96. The summed E-state index contributed by atoms with van der Waals surface area (Å²) in [6.07, 6.45) is 3.02. The molecule has 0 saturated heterocycles. The lowest BCUT2D eigenvalue weighted by Gasteiger charge is -2.08. The third-order valence-electron chi connectivity index (χ3n) is 2.40. The molecule has 0 fully saturated rings. The number of aliphatic carboxylic acids is 1. The van der Waals surface area contributed by atoms with Crippen molar-refractivity contribution in [1.29, 1.82) is 0 Å². The van der Waals surface area contributed by atoms with Gasteiger partial charge in [0.2, 0.25) is 5.91 Å². The van der Waals surface area contributed by atoms with E-state index in [-0.39, 0.29) is 5.91 Å². The van der Waals surface area contributed by atoms with E-state index in [1.165, 1.54) is 6.08 Å². The summed E-state index contributed by atoms with van der Waals surface area (Å²) in [5, 5.41) is 14.4. The number of benzene rings is 1. The average molecular weight is 232 g/mol. The maximum absolute atomic E-state index is 11.3. The van der Waals surface area contributed by atoms with Gasteiger partial charge in [-0.2, -0.15) is 0 Å². The van der Waals surface area contributed by atoms with Gasteiger partial charge in [0.25, 0.3) is 0 Å². The van der Waals surface area contributed by atoms with Gasteiger partial charge < -0.3 is 15.7 Å². The van der Waals surface area contributed by atoms with Crippen molar-refractivity contribution in [3.8, 4) is 0 Å². The van der Waals surface area contributed by atoms with E-state index in [9.17, 15) is 9.59 Å². The molecule has 0 unspecified atom stereocenters. The van der Waals surface area contributed by atoms with Gasteiger partial charge >= 0.3 is 5.97 Å². The maximum atomic E-state index is 11.3. The zero-order valence-electron chi connectivity index (χ0n) is 9.06. The van der Waals surface area contributed by atoms with Gasteiger partial charge in [-0.05, 0) is 23.8 Å². The standard InChI is InChI=1S/C12H12N2O3/c15-11-5-6-13-10-7-8(2-4-12(16)17)1-3-9(10)14-11/h1-4,7,13H,5-6H2,(H,14,15)(H,16,17)/b4-2+. The van der Waals surface area contributed by atoms with Crippen molar-refractivity contribution in [2.75, 3.05) is 17.2 Å². The predicted molar refractivity (Wildman–Crippen MR) is 64.8 cm³/mol. The Morgan fingerprint density at radius 2 is 2.18 bits per heavy atom. The Bertz CT molecular complexity index is 495. The first kappa shape index (κ1) is 11.2. The van der Waals surface area contributed by atoms with Crippen LogP contribution in [0.5, 0.6) is 0 Å². The van der Waals surface area contributed by atoms with E-state index in [0.717, 1.165) is 23.0 Å². The van der Waals surface area contributed by atoms with E-state index in [1.807, 2.05) is 0 Å². The van der Waals surface area contributed by atoms with E-state index < -0.39 is 5.97 Å². The fraction of sp³-hybridized carbons (Fsp3) is 0.167. The Balaban J connectivity index is 2.27. The molecule has 1 aliphatic rings. The van der Waals surface area contributed by atoms with E-state index in [2.05, 4.69) is 10.6 Å². The molecule has 1 heterocycles. The monoisotopic (exact) mass is 232 g/mol. The van der Waals surface area contributed by atoms with Gasteiger partial charge in [-0.15, -0.1) is 0 Å². The SMILES string of the molecule is O=C(O)/C=C/c1ccc2c(c1)NCCC(=O)N2. The summed E-state index contributed by atoms with van der Waals surface area (Å²) < 4.78 is 0. The van der Waals surface area contributed by atoms with Crippen molar-refractivity contribution in [3.63, 3.8) is 0 Å². The van der Waals surface area contributed by atoms with Gasteiger partial charge in [-0.3, -0.25) is 4.79 Å². The number of fused-ring (bicyclic) bond motifs is 1. The number of nitrogens with one attached hydrogen (secondary N) is 2. The van der Waals surface area contributed by atoms with E-state index >= 15 is 0 Å². The molecule has 1 aromatic carbocycles. The summed E-state index contributed by atoms with van der Waals surface area (Å²) in [5.74, 6) is -1.01. The number of carbonyl (C=O) groups excluding carboxylic acids is 1. The lowest BCUT2D eigenvalue weighted by atomic mass is 10.1. The van der Waals surface area contributed by atoms with Crippen molar-refractivity contribution >= 4 is 29.3 Å². The second-order valence-electron chi connectivity index (χ2n) is 3.70. The fourth-order valence-electron chi connectivity index (χ4n) is 1.61. The number of carboxylic acids is 1. The lowest BCUT2D eigenvalue weighted by Crippen LogP contribution is -2.10. The van der Waals surface area contributed by atoms with Gasteiger partial charge in [0.05, 0.1) is 11.4 Å². The lowest BCUT2D eigenvalue weighted by molar-refractivity contribution is -0.131. The highest BCUT2D eigenvalue weighted by Crippen LogP contribution is 2.25. The van der Waals surface area contributed by atoms with Crippen LogP contribution < -0.4 is 10.6 Å². The number of rotatable bonds is 2. The Hall–Kier alpha value is -2.30. The van der Waals surface area contributed by atoms with Crippen molar-refractivity contribution in [2.45, 2.75) is 6.42 Å². The minimum absolute atomic E-state index is 0.0231. The molecule has 0 aromatic heterocycles. The zero-order chi connectivity index (χ0) is 12.3. The molecular weight excluding hydrogens is 220 g/mol. The molecule has 0 aliphatic carbocycles. The third kappa shape index (κ3) is 2.84. The molecule has 1 aromatic rings. The molecule has 0 saturated carbocycles. The molecule has 1 amide bonds. The summed E-state index contributed by atoms with van der Waals surface area (Å²) >= 11 is 0. The van der Waals surface area contributed by atoms with E-state index in [0.29, 0.717) is 13.0 Å². The minimum Gasteiger partial charge on any atom is -0.478 e. The molecule has 88 valence electrons. The molecule has 0 radical (unpaired) electrons. The Labute approximate surface area is 98.1 Å². The van der Waals surface area contributed by atoms with Crippen molar-refractivity contribution in [1.82, 2.24) is 0 Å². The molecule has 0 atom stereocenters. The number of hydrogen-bond acceptors (Lipinski definition) is 3. The summed E-state index contributed by atoms with van der Waals surface area (Å²) in [4.78, 5) is 21.7. The Morgan fingerprint density at radius 3 is 2.94 bits per heavy atom. The molecule has 5 heteroatoms. The van der Waals surface area contributed by atoms with Crippen LogP contribution in [0.25, 0.3) is 6.08 Å². The quantitative estimate of drug-likeness (QED) is 0.676. The van der Waals surface area contributed by atoms with Crippen LogP contribution in [-0.4, -0.2) is 23.5 Å². The zero-order valence-corrected chi connectivity index (χ0v) is 9.06. The third-order valence-corrected chi connectivity index (χ3v) is 2.40. The first-order chi connectivity index (χ1) is 8.15. The Kier molecular flexibility index (Phi) is 3.09. The molecule has 3 N–H and O–H groups in total. The van der Waals surface area contributed by atoms with Crippen molar-refractivity contribution in [3.05, 3.63) is 29.8 Å². The van der Waals surface area contributed by atoms with Crippen molar-refractivity contribution in [2.24, 2.45) is 0 Å². The maximum Gasteiger partial charge on any atom is 0.328 e. The van der Waals surface area contributed by atoms with Gasteiger partial charge in [0, 0.05) is 19.0 Å². The first-order valence-corrected chi connectivity index (χ1v) is 5.24. The van der Waals surface area contributed by atoms with Crippen molar-refractivity contribution < 1.29 is 14.7 Å². The van der Waals surface area contributed by atoms with E-state index in [4.69, 9.17) is 5.11 Å². The topological polar surface area (TPSA) is 78.4 Å². The smallest absolute Gasteiger partial charge is 0.328 e. The van der Waals surface area contributed by atoms with Crippen LogP contribution in [-0.2, 0) is 9.59 Å². The van der Waals surface area contributed by atoms with Gasteiger partial charge in [0.15, 0.2) is 0 Å². The average Bonchev–Trinajstić information content (AvgIpc) is 2.46. The number of amides is 1. The van der Waals surface area contributed by atoms with Crippen LogP contribution in [0.15, 0.2) is 24.3 Å². The second-order valence-corrected chi connectivity index (χ2v) is 3.70. The largest absolute Gasteiger partial charge is 0.478 e. The van der Waals surface area contributed by atoms with Crippen LogP contribution in [0, 0.1) is 0 Å². The van der Waals surface area contributed by atoms with Crippen LogP contribution in [0.1, 0.15) is 12.0 Å². The van der Waals surface area contributed by atoms with Gasteiger partial charge in [-0.1, -0.05) is 6.07 Å². The van der Waals surface area contributed by atoms with Crippen LogP contribution >= 0.6 is 0 Å². The summed E-state index contributed by atoms with van der Waals surface area (Å²) in [6.45, 7) is 0.574. The van der Waals surface area contributed by atoms with Gasteiger partial charge in [0.1, 0.15) is 0 Å². The number of carbonyl (C=O) groups is 2. The highest BCUT2D eigenvalue weighted by Gasteiger charge is 2.11. The summed E-state index contributed by atoms with van der Waals surface area (Å²) in [7, 11) is 0.